The molecular formula is C16H29N2O5P. The number of carbonyl (C=O) groups is 1. The first-order valence-electron chi connectivity index (χ1n) is 8.50. The molecule has 0 aliphatic carbocycles. The average Bonchev–Trinajstić information content (AvgIpc) is 2.91. The molecule has 1 aliphatic heterocycles. The molecule has 8 heteroatoms. The smallest absolute Gasteiger partial charge is 0.430 e. The van der Waals surface area contributed by atoms with Crippen LogP contribution in [0.4, 0.5) is 4.79 Å². The van der Waals surface area contributed by atoms with Crippen molar-refractivity contribution in [1.29, 1.82) is 5.26 Å². The molecule has 0 radical (unpaired) electrons. The quantitative estimate of drug-likeness (QED) is 0.296. The lowest BCUT2D eigenvalue weighted by molar-refractivity contribution is 0.115. The lowest BCUT2D eigenvalue weighted by atomic mass is 10.2. The van der Waals surface area contributed by atoms with E-state index < -0.39 is 14.7 Å². The second-order valence-electron chi connectivity index (χ2n) is 6.18. The van der Waals surface area contributed by atoms with Crippen molar-refractivity contribution in [3.8, 4) is 6.07 Å². The topological polar surface area (TPSA) is 81.0 Å². The highest BCUT2D eigenvalue weighted by Crippen LogP contribution is 2.46. The number of rotatable bonds is 12. The minimum atomic E-state index is -1.18. The molecule has 0 saturated carbocycles. The summed E-state index contributed by atoms with van der Waals surface area (Å²) in [7, 11) is -1.18. The van der Waals surface area contributed by atoms with E-state index in [9.17, 15) is 4.79 Å². The van der Waals surface area contributed by atoms with Gasteiger partial charge in [0, 0.05) is 12.1 Å². The van der Waals surface area contributed by atoms with Gasteiger partial charge in [-0.25, -0.2) is 9.46 Å². The molecule has 1 aliphatic rings. The molecular weight excluding hydrogens is 331 g/mol. The zero-order valence-electron chi connectivity index (χ0n) is 15.1. The Hall–Kier alpha value is -0.930. The van der Waals surface area contributed by atoms with Crippen LogP contribution < -0.4 is 0 Å². The van der Waals surface area contributed by atoms with Gasteiger partial charge in [-0.05, 0) is 47.0 Å². The SMILES string of the molecule is CC(C)N(C(C)C)P(OCCC#N)OCCCCC1COC(=O)O1. The minimum absolute atomic E-state index is 0.131. The monoisotopic (exact) mass is 360 g/mol. The Balaban J connectivity index is 2.34. The van der Waals surface area contributed by atoms with E-state index in [0.29, 0.717) is 38.3 Å². The fourth-order valence-corrected chi connectivity index (χ4v) is 4.07. The highest BCUT2D eigenvalue weighted by molar-refractivity contribution is 7.44. The highest BCUT2D eigenvalue weighted by Gasteiger charge is 2.27. The molecule has 0 aromatic rings. The molecule has 2 unspecified atom stereocenters. The van der Waals surface area contributed by atoms with E-state index in [1.54, 1.807) is 0 Å². The molecule has 0 spiro atoms. The second-order valence-corrected chi connectivity index (χ2v) is 7.63. The molecule has 1 rings (SSSR count). The predicted octanol–water partition coefficient (Wildman–Crippen LogP) is 3.98. The number of nitrogens with zero attached hydrogens (tertiary/aromatic N) is 2. The molecule has 24 heavy (non-hydrogen) atoms. The van der Waals surface area contributed by atoms with Crippen LogP contribution >= 0.6 is 8.53 Å². The van der Waals surface area contributed by atoms with Gasteiger partial charge in [0.1, 0.15) is 12.7 Å². The maximum absolute atomic E-state index is 10.8. The van der Waals surface area contributed by atoms with Crippen molar-refractivity contribution in [3.05, 3.63) is 0 Å². The highest BCUT2D eigenvalue weighted by atomic mass is 31.2. The van der Waals surface area contributed by atoms with Gasteiger partial charge in [0.15, 0.2) is 0 Å². The van der Waals surface area contributed by atoms with Crippen LogP contribution in [0.5, 0.6) is 0 Å². The largest absolute Gasteiger partial charge is 0.508 e. The van der Waals surface area contributed by atoms with Gasteiger partial charge in [-0.2, -0.15) is 5.26 Å². The van der Waals surface area contributed by atoms with E-state index in [0.717, 1.165) is 19.3 Å². The number of unbranched alkanes of at least 4 members (excludes halogenated alkanes) is 1. The summed E-state index contributed by atoms with van der Waals surface area (Å²) < 4.78 is 23.8. The Kier molecular flexibility index (Phi) is 10.2. The molecule has 0 amide bonds. The molecule has 138 valence electrons. The van der Waals surface area contributed by atoms with Crippen LogP contribution in [0, 0.1) is 11.3 Å². The van der Waals surface area contributed by atoms with Crippen LogP contribution in [0.25, 0.3) is 0 Å². The van der Waals surface area contributed by atoms with Gasteiger partial charge in [-0.1, -0.05) is 0 Å². The summed E-state index contributed by atoms with van der Waals surface area (Å²) in [4.78, 5) is 10.8. The van der Waals surface area contributed by atoms with E-state index >= 15 is 0 Å². The van der Waals surface area contributed by atoms with Crippen LogP contribution in [0.1, 0.15) is 53.4 Å². The van der Waals surface area contributed by atoms with E-state index in [2.05, 4.69) is 38.4 Å². The van der Waals surface area contributed by atoms with E-state index in [-0.39, 0.29) is 6.10 Å². The van der Waals surface area contributed by atoms with Crippen LogP contribution in [0.3, 0.4) is 0 Å². The zero-order chi connectivity index (χ0) is 17.9. The maximum atomic E-state index is 10.8. The lowest BCUT2D eigenvalue weighted by Crippen LogP contribution is -2.33. The molecule has 7 nitrogen and oxygen atoms in total. The predicted molar refractivity (Wildman–Crippen MR) is 91.2 cm³/mol. The zero-order valence-corrected chi connectivity index (χ0v) is 16.0. The van der Waals surface area contributed by atoms with Crippen LogP contribution in [0.15, 0.2) is 0 Å². The number of carbonyl (C=O) groups excluding carboxylic acids is 1. The van der Waals surface area contributed by atoms with Gasteiger partial charge in [0.25, 0.3) is 8.53 Å². The molecule has 2 atom stereocenters. The van der Waals surface area contributed by atoms with E-state index in [1.807, 2.05) is 0 Å². The molecule has 0 N–H and O–H groups in total. The molecule has 0 aromatic carbocycles. The first-order chi connectivity index (χ1) is 11.5. The average molecular weight is 360 g/mol. The van der Waals surface area contributed by atoms with Crippen LogP contribution in [0.2, 0.25) is 0 Å². The molecule has 1 heterocycles. The normalized spacial score (nSPS) is 18.8. The summed E-state index contributed by atoms with van der Waals surface area (Å²) >= 11 is 0. The van der Waals surface area contributed by atoms with Crippen molar-refractivity contribution in [3.63, 3.8) is 0 Å². The van der Waals surface area contributed by atoms with Gasteiger partial charge in [-0.15, -0.1) is 0 Å². The Morgan fingerprint density at radius 2 is 1.92 bits per heavy atom. The van der Waals surface area contributed by atoms with E-state index in [4.69, 9.17) is 23.8 Å². The molecule has 1 saturated heterocycles. The standard InChI is InChI=1S/C16H29N2O5P/c1-13(2)18(14(3)4)24(22-11-7-9-17)21-10-6-5-8-15-12-20-16(19)23-15/h13-15H,5-8,10-12H2,1-4H3. The Morgan fingerprint density at radius 3 is 2.46 bits per heavy atom. The van der Waals surface area contributed by atoms with Gasteiger partial charge in [0.2, 0.25) is 0 Å². The number of hydrogen-bond acceptors (Lipinski definition) is 7. The summed E-state index contributed by atoms with van der Waals surface area (Å²) in [6.45, 7) is 9.75. The Labute approximate surface area is 146 Å². The summed E-state index contributed by atoms with van der Waals surface area (Å²) in [5, 5.41) is 8.68. The third-order valence-electron chi connectivity index (χ3n) is 3.43. The summed E-state index contributed by atoms with van der Waals surface area (Å²) in [6.07, 6.45) is 2.19. The van der Waals surface area contributed by atoms with Crippen molar-refractivity contribution in [2.75, 3.05) is 19.8 Å². The third-order valence-corrected chi connectivity index (χ3v) is 5.54. The van der Waals surface area contributed by atoms with Crippen LogP contribution in [-0.4, -0.2) is 48.8 Å². The van der Waals surface area contributed by atoms with Gasteiger partial charge >= 0.3 is 6.16 Å². The molecule has 0 bridgehead atoms. The molecule has 1 fully saturated rings. The number of hydrogen-bond donors (Lipinski definition) is 0. The first-order valence-corrected chi connectivity index (χ1v) is 9.63. The first kappa shape index (κ1) is 21.1. The third kappa shape index (κ3) is 7.76. The molecule has 0 aromatic heterocycles. The van der Waals surface area contributed by atoms with Crippen LogP contribution in [-0.2, 0) is 18.5 Å². The van der Waals surface area contributed by atoms with Crippen molar-refractivity contribution in [1.82, 2.24) is 4.67 Å². The fourth-order valence-electron chi connectivity index (χ4n) is 2.44. The summed E-state index contributed by atoms with van der Waals surface area (Å²) in [5.41, 5.74) is 0. The number of ether oxygens (including phenoxy) is 2. The summed E-state index contributed by atoms with van der Waals surface area (Å²) in [6, 6.07) is 2.69. The van der Waals surface area contributed by atoms with Crippen molar-refractivity contribution < 1.29 is 23.3 Å². The number of cyclic esters (lactones) is 2. The van der Waals surface area contributed by atoms with E-state index in [1.165, 1.54) is 0 Å². The van der Waals surface area contributed by atoms with Gasteiger partial charge in [0.05, 0.1) is 25.7 Å². The fraction of sp³-hybridized carbons (Fsp3) is 0.875. The Morgan fingerprint density at radius 1 is 1.25 bits per heavy atom. The van der Waals surface area contributed by atoms with Crippen molar-refractivity contribution in [2.24, 2.45) is 0 Å². The maximum Gasteiger partial charge on any atom is 0.508 e. The van der Waals surface area contributed by atoms with Gasteiger partial charge < -0.3 is 18.5 Å². The minimum Gasteiger partial charge on any atom is -0.430 e. The van der Waals surface area contributed by atoms with Crippen molar-refractivity contribution in [2.45, 2.75) is 71.6 Å². The van der Waals surface area contributed by atoms with Gasteiger partial charge in [-0.3, -0.25) is 0 Å². The lowest BCUT2D eigenvalue weighted by Gasteiger charge is -2.35. The Bertz CT molecular complexity index is 406. The second kappa shape index (κ2) is 11.6. The van der Waals surface area contributed by atoms with Crippen molar-refractivity contribution >= 4 is 14.7 Å². The summed E-state index contributed by atoms with van der Waals surface area (Å²) in [5.74, 6) is 0. The number of nitriles is 1.